The van der Waals surface area contributed by atoms with Gasteiger partial charge in [-0.3, -0.25) is 4.79 Å². The summed E-state index contributed by atoms with van der Waals surface area (Å²) in [5.74, 6) is -5.00. The van der Waals surface area contributed by atoms with Crippen molar-refractivity contribution < 1.29 is 42.9 Å². The van der Waals surface area contributed by atoms with E-state index < -0.39 is 76.0 Å². The smallest absolute Gasteiger partial charge is 0.349 e. The number of fused-ring (bicyclic) bond motifs is 5. The fourth-order valence-corrected chi connectivity index (χ4v) is 8.23. The van der Waals surface area contributed by atoms with Crippen LogP contribution in [-0.2, 0) is 23.9 Å². The third kappa shape index (κ3) is 2.91. The topological polar surface area (TPSA) is 110 Å². The molecular formula is C26H32F2O7. The Balaban J connectivity index is 1.60. The van der Waals surface area contributed by atoms with E-state index in [1.54, 1.807) is 13.8 Å². The number of hydrogen-bond donors (Lipinski definition) is 2. The van der Waals surface area contributed by atoms with Crippen molar-refractivity contribution in [2.75, 3.05) is 6.61 Å². The van der Waals surface area contributed by atoms with E-state index in [0.29, 0.717) is 19.4 Å². The Labute approximate surface area is 202 Å². The molecule has 3 saturated carbocycles. The summed E-state index contributed by atoms with van der Waals surface area (Å²) in [5.41, 5.74) is -7.25. The van der Waals surface area contributed by atoms with E-state index in [1.165, 1.54) is 19.1 Å². The maximum atomic E-state index is 17.2. The standard InChI is InChI=1S/C26H32F2O7/c1-13-9-15-16-11-18(27)17-10-14(29)6-7-23(17,2)25(16,28)20(30)12-24(15,3)26(13,22(32)33)35-21(31)19-5-4-8-34-19/h6-7,10,13,15-16,18-20,30H,4-5,8-9,11-12H2,1-3H3,(H,32,33)/t13-,15+,16+,18+,19+,20+,23+,24+,25?,26+/m1/s1. The van der Waals surface area contributed by atoms with E-state index in [4.69, 9.17) is 9.47 Å². The van der Waals surface area contributed by atoms with Crippen LogP contribution in [0.5, 0.6) is 0 Å². The molecule has 4 aliphatic carbocycles. The first-order chi connectivity index (χ1) is 16.3. The summed E-state index contributed by atoms with van der Waals surface area (Å²) in [4.78, 5) is 37.8. The quantitative estimate of drug-likeness (QED) is 0.580. The largest absolute Gasteiger partial charge is 0.478 e. The van der Waals surface area contributed by atoms with E-state index in [2.05, 4.69) is 0 Å². The van der Waals surface area contributed by atoms with Gasteiger partial charge in [0.1, 0.15) is 6.17 Å². The molecule has 0 radical (unpaired) electrons. The summed E-state index contributed by atoms with van der Waals surface area (Å²) in [6.45, 7) is 5.13. The lowest BCUT2D eigenvalue weighted by molar-refractivity contribution is -0.239. The number of alkyl halides is 2. The van der Waals surface area contributed by atoms with Crippen molar-refractivity contribution in [2.24, 2.45) is 28.6 Å². The molecule has 0 aromatic heterocycles. The molecule has 0 amide bonds. The number of carboxylic acid groups (broad SMARTS) is 1. The number of carbonyl (C=O) groups excluding carboxylic acids is 2. The fourth-order valence-electron chi connectivity index (χ4n) is 8.23. The average Bonchev–Trinajstić information content (AvgIpc) is 3.39. The minimum Gasteiger partial charge on any atom is -0.478 e. The molecule has 9 heteroatoms. The second kappa shape index (κ2) is 7.68. The number of carbonyl (C=O) groups is 3. The molecule has 1 unspecified atom stereocenters. The first-order valence-corrected chi connectivity index (χ1v) is 12.4. The van der Waals surface area contributed by atoms with Crippen LogP contribution in [0.3, 0.4) is 0 Å². The molecule has 1 saturated heterocycles. The number of aliphatic hydroxyl groups is 1. The zero-order valence-corrected chi connectivity index (χ0v) is 20.1. The third-order valence-corrected chi connectivity index (χ3v) is 9.94. The molecule has 35 heavy (non-hydrogen) atoms. The molecule has 1 heterocycles. The van der Waals surface area contributed by atoms with Gasteiger partial charge in [-0.25, -0.2) is 18.4 Å². The zero-order valence-electron chi connectivity index (χ0n) is 20.1. The Morgan fingerprint density at radius 3 is 2.57 bits per heavy atom. The zero-order chi connectivity index (χ0) is 25.6. The van der Waals surface area contributed by atoms with Gasteiger partial charge in [-0.15, -0.1) is 0 Å². The van der Waals surface area contributed by atoms with Gasteiger partial charge < -0.3 is 19.7 Å². The first-order valence-electron chi connectivity index (χ1n) is 12.4. The minimum absolute atomic E-state index is 0.00626. The Morgan fingerprint density at radius 1 is 1.23 bits per heavy atom. The highest BCUT2D eigenvalue weighted by Crippen LogP contribution is 2.71. The Kier molecular flexibility index (Phi) is 5.39. The van der Waals surface area contributed by atoms with Crippen LogP contribution in [0.1, 0.15) is 52.9 Å². The van der Waals surface area contributed by atoms with Crippen LogP contribution < -0.4 is 0 Å². The fraction of sp³-hybridized carbons (Fsp3) is 0.731. The molecular weight excluding hydrogens is 462 g/mol. The van der Waals surface area contributed by atoms with Gasteiger partial charge in [-0.1, -0.05) is 19.9 Å². The van der Waals surface area contributed by atoms with Crippen molar-refractivity contribution >= 4 is 17.7 Å². The number of ketones is 1. The van der Waals surface area contributed by atoms with Crippen molar-refractivity contribution in [1.82, 2.24) is 0 Å². The summed E-state index contributed by atoms with van der Waals surface area (Å²) in [7, 11) is 0. The van der Waals surface area contributed by atoms with Crippen LogP contribution in [0.15, 0.2) is 23.8 Å². The van der Waals surface area contributed by atoms with E-state index in [1.807, 2.05) is 0 Å². The lowest BCUT2D eigenvalue weighted by Crippen LogP contribution is -2.71. The molecule has 2 N–H and O–H groups in total. The SMILES string of the molecule is C[C@@H]1C[C@H]2[C@@H]3C[C@H](F)C4=CC(=O)C=C[C@]4(C)C3(F)[C@@H](O)C[C@]2(C)[C@@]1(OC(=O)[C@@H]1CCCO1)C(=O)O. The van der Waals surface area contributed by atoms with Crippen molar-refractivity contribution in [2.45, 2.75) is 82.5 Å². The van der Waals surface area contributed by atoms with E-state index >= 15 is 8.78 Å². The first kappa shape index (κ1) is 24.6. The van der Waals surface area contributed by atoms with Gasteiger partial charge in [0.25, 0.3) is 0 Å². The highest BCUT2D eigenvalue weighted by atomic mass is 19.1. The van der Waals surface area contributed by atoms with Crippen LogP contribution in [0, 0.1) is 28.6 Å². The number of aliphatic hydroxyl groups excluding tert-OH is 1. The van der Waals surface area contributed by atoms with Crippen molar-refractivity contribution in [3.8, 4) is 0 Å². The molecule has 5 aliphatic rings. The maximum absolute atomic E-state index is 17.2. The van der Waals surface area contributed by atoms with Gasteiger partial charge in [-0.05, 0) is 62.7 Å². The molecule has 4 fully saturated rings. The molecule has 0 bridgehead atoms. The van der Waals surface area contributed by atoms with Gasteiger partial charge in [0.15, 0.2) is 17.6 Å². The Morgan fingerprint density at radius 2 is 1.94 bits per heavy atom. The lowest BCUT2D eigenvalue weighted by atomic mass is 9.44. The van der Waals surface area contributed by atoms with Crippen molar-refractivity contribution in [1.29, 1.82) is 0 Å². The molecule has 1 aliphatic heterocycles. The molecule has 0 aromatic rings. The van der Waals surface area contributed by atoms with E-state index in [9.17, 15) is 24.6 Å². The van der Waals surface area contributed by atoms with Gasteiger partial charge in [0.2, 0.25) is 5.60 Å². The van der Waals surface area contributed by atoms with Crippen LogP contribution >= 0.6 is 0 Å². The summed E-state index contributed by atoms with van der Waals surface area (Å²) >= 11 is 0. The molecule has 0 aromatic carbocycles. The van der Waals surface area contributed by atoms with Gasteiger partial charge >= 0.3 is 11.9 Å². The lowest BCUT2D eigenvalue weighted by Gasteiger charge is -2.62. The van der Waals surface area contributed by atoms with E-state index in [0.717, 1.165) is 6.08 Å². The number of carboxylic acids is 1. The summed E-state index contributed by atoms with van der Waals surface area (Å²) in [6, 6.07) is 0. The van der Waals surface area contributed by atoms with Crippen LogP contribution in [-0.4, -0.2) is 64.2 Å². The minimum atomic E-state index is -2.32. The second-order valence-corrected chi connectivity index (χ2v) is 11.5. The number of esters is 1. The molecule has 7 nitrogen and oxygen atoms in total. The number of ether oxygens (including phenoxy) is 2. The van der Waals surface area contributed by atoms with Gasteiger partial charge in [-0.2, -0.15) is 0 Å². The summed E-state index contributed by atoms with van der Waals surface area (Å²) in [5, 5.41) is 21.8. The highest BCUT2D eigenvalue weighted by Gasteiger charge is 2.78. The summed E-state index contributed by atoms with van der Waals surface area (Å²) in [6.07, 6.45) is 0.182. The third-order valence-electron chi connectivity index (χ3n) is 9.94. The molecule has 0 spiro atoms. The highest BCUT2D eigenvalue weighted by molar-refractivity contribution is 6.01. The number of rotatable bonds is 3. The Hall–Kier alpha value is -2.13. The maximum Gasteiger partial charge on any atom is 0.349 e. The Bertz CT molecular complexity index is 1030. The predicted molar refractivity (Wildman–Crippen MR) is 119 cm³/mol. The van der Waals surface area contributed by atoms with Crippen molar-refractivity contribution in [3.63, 3.8) is 0 Å². The predicted octanol–water partition coefficient (Wildman–Crippen LogP) is 3.10. The molecule has 10 atom stereocenters. The van der Waals surface area contributed by atoms with Crippen LogP contribution in [0.2, 0.25) is 0 Å². The average molecular weight is 495 g/mol. The van der Waals surface area contributed by atoms with Gasteiger partial charge in [0, 0.05) is 29.3 Å². The summed E-state index contributed by atoms with van der Waals surface area (Å²) < 4.78 is 44.0. The number of halogens is 2. The van der Waals surface area contributed by atoms with Crippen LogP contribution in [0.4, 0.5) is 8.78 Å². The number of aliphatic carboxylic acids is 1. The van der Waals surface area contributed by atoms with Gasteiger partial charge in [0.05, 0.1) is 6.10 Å². The normalized spacial score (nSPS) is 50.7. The molecule has 5 rings (SSSR count). The van der Waals surface area contributed by atoms with E-state index in [-0.39, 0.29) is 24.8 Å². The second-order valence-electron chi connectivity index (χ2n) is 11.5. The number of hydrogen-bond acceptors (Lipinski definition) is 6. The molecule has 192 valence electrons. The monoisotopic (exact) mass is 494 g/mol. The van der Waals surface area contributed by atoms with Crippen LogP contribution in [0.25, 0.3) is 0 Å². The number of allylic oxidation sites excluding steroid dienone is 4. The van der Waals surface area contributed by atoms with Crippen molar-refractivity contribution in [3.05, 3.63) is 23.8 Å².